The number of ether oxygens (including phenoxy) is 2. The summed E-state index contributed by atoms with van der Waals surface area (Å²) >= 11 is 0. The minimum Gasteiger partial charge on any atom is -0.497 e. The summed E-state index contributed by atoms with van der Waals surface area (Å²) in [6.45, 7) is 7.21. The molecule has 4 nitrogen and oxygen atoms in total. The van der Waals surface area contributed by atoms with Gasteiger partial charge in [-0.05, 0) is 47.4 Å². The molecule has 0 aliphatic rings. The van der Waals surface area contributed by atoms with Crippen LogP contribution in [0.25, 0.3) is 0 Å². The Labute approximate surface area is 144 Å². The summed E-state index contributed by atoms with van der Waals surface area (Å²) in [5.74, 6) is 1.58. The van der Waals surface area contributed by atoms with Gasteiger partial charge in [-0.2, -0.15) is 0 Å². The summed E-state index contributed by atoms with van der Waals surface area (Å²) in [5, 5.41) is 13.2. The largest absolute Gasteiger partial charge is 0.497 e. The fourth-order valence-corrected chi connectivity index (χ4v) is 2.25. The maximum atomic E-state index is 10.0. The number of rotatable bonds is 7. The van der Waals surface area contributed by atoms with Gasteiger partial charge >= 0.3 is 0 Å². The molecule has 0 radical (unpaired) electrons. The average molecular weight is 329 g/mol. The van der Waals surface area contributed by atoms with Crippen molar-refractivity contribution < 1.29 is 14.6 Å². The molecule has 24 heavy (non-hydrogen) atoms. The summed E-state index contributed by atoms with van der Waals surface area (Å²) < 4.78 is 10.8. The van der Waals surface area contributed by atoms with Crippen molar-refractivity contribution in [1.29, 1.82) is 0 Å². The summed E-state index contributed by atoms with van der Waals surface area (Å²) in [5.41, 5.74) is 2.32. The summed E-state index contributed by atoms with van der Waals surface area (Å²) in [6, 6.07) is 15.6. The molecule has 130 valence electrons. The van der Waals surface area contributed by atoms with Crippen LogP contribution in [0.5, 0.6) is 11.5 Å². The Bertz CT molecular complexity index is 615. The van der Waals surface area contributed by atoms with Crippen LogP contribution in [0.4, 0.5) is 5.69 Å². The number of aliphatic hydroxyl groups excluding tert-OH is 1. The highest BCUT2D eigenvalue weighted by Gasteiger charge is 2.13. The lowest BCUT2D eigenvalue weighted by Crippen LogP contribution is -2.26. The molecule has 0 amide bonds. The first kappa shape index (κ1) is 18.1. The van der Waals surface area contributed by atoms with E-state index in [1.165, 1.54) is 5.56 Å². The third kappa shape index (κ3) is 5.46. The molecule has 2 aromatic carbocycles. The maximum Gasteiger partial charge on any atom is 0.119 e. The normalized spacial score (nSPS) is 12.5. The Kier molecular flexibility index (Phi) is 6.10. The van der Waals surface area contributed by atoms with E-state index in [0.717, 1.165) is 17.2 Å². The van der Waals surface area contributed by atoms with Gasteiger partial charge in [0.2, 0.25) is 0 Å². The second-order valence-corrected chi connectivity index (χ2v) is 6.85. The lowest BCUT2D eigenvalue weighted by Gasteiger charge is -2.19. The van der Waals surface area contributed by atoms with E-state index in [2.05, 4.69) is 38.2 Å². The third-order valence-electron chi connectivity index (χ3n) is 3.79. The second kappa shape index (κ2) is 8.06. The molecule has 0 heterocycles. The summed E-state index contributed by atoms with van der Waals surface area (Å²) in [4.78, 5) is 0. The highest BCUT2D eigenvalue weighted by atomic mass is 16.5. The number of methoxy groups -OCH3 is 1. The van der Waals surface area contributed by atoms with E-state index >= 15 is 0 Å². The molecule has 0 aliphatic heterocycles. The highest BCUT2D eigenvalue weighted by Crippen LogP contribution is 2.24. The lowest BCUT2D eigenvalue weighted by atomic mass is 9.87. The molecule has 2 rings (SSSR count). The predicted molar refractivity (Wildman–Crippen MR) is 98.1 cm³/mol. The topological polar surface area (TPSA) is 50.7 Å². The van der Waals surface area contributed by atoms with Gasteiger partial charge in [0, 0.05) is 12.2 Å². The molecule has 0 spiro atoms. The van der Waals surface area contributed by atoms with Crippen LogP contribution >= 0.6 is 0 Å². The van der Waals surface area contributed by atoms with Crippen LogP contribution in [-0.4, -0.2) is 31.5 Å². The van der Waals surface area contributed by atoms with Crippen LogP contribution in [0.3, 0.4) is 0 Å². The average Bonchev–Trinajstić information content (AvgIpc) is 2.58. The number of hydrogen-bond acceptors (Lipinski definition) is 4. The fourth-order valence-electron chi connectivity index (χ4n) is 2.25. The van der Waals surface area contributed by atoms with E-state index < -0.39 is 6.10 Å². The van der Waals surface area contributed by atoms with Crippen LogP contribution in [0.2, 0.25) is 0 Å². The Balaban J connectivity index is 1.77. The molecule has 4 heteroatoms. The molecule has 0 fully saturated rings. The SMILES string of the molecule is COc1ccc(NC[C@@H](O)COc2ccc(C(C)(C)C)cc2)cc1. The number of aliphatic hydroxyl groups is 1. The van der Waals surface area contributed by atoms with E-state index in [1.807, 2.05) is 36.4 Å². The quantitative estimate of drug-likeness (QED) is 0.810. The predicted octanol–water partition coefficient (Wildman–Crippen LogP) is 3.84. The van der Waals surface area contributed by atoms with Crippen molar-refractivity contribution in [2.75, 3.05) is 25.6 Å². The number of benzene rings is 2. The van der Waals surface area contributed by atoms with Crippen molar-refractivity contribution in [2.45, 2.75) is 32.3 Å². The van der Waals surface area contributed by atoms with Gasteiger partial charge in [0.15, 0.2) is 0 Å². The van der Waals surface area contributed by atoms with E-state index in [-0.39, 0.29) is 12.0 Å². The Morgan fingerprint density at radius 1 is 0.958 bits per heavy atom. The maximum absolute atomic E-state index is 10.0. The first-order valence-corrected chi connectivity index (χ1v) is 8.18. The van der Waals surface area contributed by atoms with Crippen molar-refractivity contribution in [3.8, 4) is 11.5 Å². The van der Waals surface area contributed by atoms with Crippen LogP contribution in [-0.2, 0) is 5.41 Å². The van der Waals surface area contributed by atoms with E-state index in [1.54, 1.807) is 7.11 Å². The molecule has 0 aromatic heterocycles. The van der Waals surface area contributed by atoms with Crippen molar-refractivity contribution in [2.24, 2.45) is 0 Å². The smallest absolute Gasteiger partial charge is 0.119 e. The standard InChI is InChI=1S/C20H27NO3/c1-20(2,3)15-5-9-19(10-6-15)24-14-17(22)13-21-16-7-11-18(23-4)12-8-16/h5-12,17,21-22H,13-14H2,1-4H3/t17-/m1/s1. The zero-order chi connectivity index (χ0) is 17.6. The summed E-state index contributed by atoms with van der Waals surface area (Å²) in [6.07, 6.45) is -0.589. The van der Waals surface area contributed by atoms with Gasteiger partial charge in [0.25, 0.3) is 0 Å². The number of nitrogens with one attached hydrogen (secondary N) is 1. The molecular weight excluding hydrogens is 302 g/mol. The zero-order valence-corrected chi connectivity index (χ0v) is 14.9. The van der Waals surface area contributed by atoms with E-state index in [9.17, 15) is 5.11 Å². The van der Waals surface area contributed by atoms with Gasteiger partial charge in [-0.25, -0.2) is 0 Å². The molecule has 0 aliphatic carbocycles. The number of anilines is 1. The molecule has 0 saturated carbocycles. The Hall–Kier alpha value is -2.20. The minimum absolute atomic E-state index is 0.125. The van der Waals surface area contributed by atoms with Gasteiger partial charge in [0.05, 0.1) is 7.11 Å². The second-order valence-electron chi connectivity index (χ2n) is 6.85. The molecule has 0 saturated heterocycles. The highest BCUT2D eigenvalue weighted by molar-refractivity contribution is 5.46. The van der Waals surface area contributed by atoms with Gasteiger partial charge in [-0.3, -0.25) is 0 Å². The van der Waals surface area contributed by atoms with Crippen LogP contribution < -0.4 is 14.8 Å². The van der Waals surface area contributed by atoms with E-state index in [0.29, 0.717) is 6.54 Å². The molecule has 0 unspecified atom stereocenters. The zero-order valence-electron chi connectivity index (χ0n) is 14.9. The molecule has 1 atom stereocenters. The van der Waals surface area contributed by atoms with Gasteiger partial charge in [0.1, 0.15) is 24.2 Å². The molecule has 2 aromatic rings. The van der Waals surface area contributed by atoms with E-state index in [4.69, 9.17) is 9.47 Å². The first-order valence-electron chi connectivity index (χ1n) is 8.18. The van der Waals surface area contributed by atoms with Crippen LogP contribution in [0, 0.1) is 0 Å². The van der Waals surface area contributed by atoms with Gasteiger partial charge in [-0.1, -0.05) is 32.9 Å². The van der Waals surface area contributed by atoms with Gasteiger partial charge in [-0.15, -0.1) is 0 Å². The van der Waals surface area contributed by atoms with Gasteiger partial charge < -0.3 is 19.9 Å². The van der Waals surface area contributed by atoms with Crippen molar-refractivity contribution in [1.82, 2.24) is 0 Å². The number of hydrogen-bond donors (Lipinski definition) is 2. The van der Waals surface area contributed by atoms with Crippen LogP contribution in [0.1, 0.15) is 26.3 Å². The Morgan fingerprint density at radius 2 is 1.54 bits per heavy atom. The van der Waals surface area contributed by atoms with Crippen molar-refractivity contribution in [3.05, 3.63) is 54.1 Å². The molecule has 2 N–H and O–H groups in total. The minimum atomic E-state index is -0.589. The fraction of sp³-hybridized carbons (Fsp3) is 0.400. The van der Waals surface area contributed by atoms with Crippen LogP contribution in [0.15, 0.2) is 48.5 Å². The molecular formula is C20H27NO3. The first-order chi connectivity index (χ1) is 11.4. The lowest BCUT2D eigenvalue weighted by molar-refractivity contribution is 0.117. The molecule has 0 bridgehead atoms. The monoisotopic (exact) mass is 329 g/mol. The Morgan fingerprint density at radius 3 is 2.08 bits per heavy atom. The van der Waals surface area contributed by atoms with Crippen molar-refractivity contribution >= 4 is 5.69 Å². The summed E-state index contributed by atoms with van der Waals surface area (Å²) in [7, 11) is 1.64. The van der Waals surface area contributed by atoms with Crippen molar-refractivity contribution in [3.63, 3.8) is 0 Å². The third-order valence-corrected chi connectivity index (χ3v) is 3.79.